The molecule has 1 aromatic heterocycles. The number of aromatic nitrogens is 1. The summed E-state index contributed by atoms with van der Waals surface area (Å²) < 4.78 is 0. The standard InChI is InChI=1S/C10H10ClN3O5/c1-2-6(10(16)17)13-9(15)5-3-8(11)12-4-7(5)14(18)19/h3-4,6H,2H2,1H3,(H,13,15)(H,16,17)/t6-/m0/s1. The predicted molar refractivity (Wildman–Crippen MR) is 65.1 cm³/mol. The molecule has 1 heterocycles. The van der Waals surface area contributed by atoms with Crippen molar-refractivity contribution in [2.24, 2.45) is 0 Å². The topological polar surface area (TPSA) is 122 Å². The Morgan fingerprint density at radius 2 is 2.26 bits per heavy atom. The van der Waals surface area contributed by atoms with Crippen molar-refractivity contribution in [3.05, 3.63) is 33.1 Å². The van der Waals surface area contributed by atoms with Crippen LogP contribution in [0.3, 0.4) is 0 Å². The summed E-state index contributed by atoms with van der Waals surface area (Å²) in [6.07, 6.45) is 0.993. The third-order valence-corrected chi connectivity index (χ3v) is 2.51. The van der Waals surface area contributed by atoms with Crippen molar-refractivity contribution in [1.82, 2.24) is 10.3 Å². The van der Waals surface area contributed by atoms with Crippen LogP contribution in [0.15, 0.2) is 12.3 Å². The van der Waals surface area contributed by atoms with Crippen LogP contribution >= 0.6 is 11.6 Å². The predicted octanol–water partition coefficient (Wildman–Crippen LogP) is 1.24. The average molecular weight is 288 g/mol. The summed E-state index contributed by atoms with van der Waals surface area (Å²) in [6, 6.07) is -0.108. The summed E-state index contributed by atoms with van der Waals surface area (Å²) in [6.45, 7) is 1.56. The monoisotopic (exact) mass is 287 g/mol. The minimum absolute atomic E-state index is 0.0980. The van der Waals surface area contributed by atoms with Gasteiger partial charge in [0.15, 0.2) is 0 Å². The number of aliphatic carboxylic acids is 1. The van der Waals surface area contributed by atoms with E-state index in [1.807, 2.05) is 0 Å². The molecule has 0 radical (unpaired) electrons. The third-order valence-electron chi connectivity index (χ3n) is 2.30. The van der Waals surface area contributed by atoms with Crippen LogP contribution in [-0.2, 0) is 4.79 Å². The summed E-state index contributed by atoms with van der Waals surface area (Å²) >= 11 is 5.57. The van der Waals surface area contributed by atoms with Gasteiger partial charge in [-0.05, 0) is 12.5 Å². The van der Waals surface area contributed by atoms with Gasteiger partial charge in [0.05, 0.1) is 4.92 Å². The minimum atomic E-state index is -1.22. The van der Waals surface area contributed by atoms with Gasteiger partial charge in [-0.2, -0.15) is 0 Å². The first-order valence-electron chi connectivity index (χ1n) is 5.20. The Balaban J connectivity index is 3.08. The number of hydrogen-bond donors (Lipinski definition) is 2. The molecule has 0 aliphatic rings. The molecule has 0 spiro atoms. The zero-order valence-electron chi connectivity index (χ0n) is 9.79. The molecule has 102 valence electrons. The number of carbonyl (C=O) groups is 2. The highest BCUT2D eigenvalue weighted by Crippen LogP contribution is 2.20. The quantitative estimate of drug-likeness (QED) is 0.477. The van der Waals surface area contributed by atoms with E-state index in [4.69, 9.17) is 16.7 Å². The maximum Gasteiger partial charge on any atom is 0.326 e. The molecule has 0 aromatic carbocycles. The zero-order chi connectivity index (χ0) is 14.6. The van der Waals surface area contributed by atoms with Gasteiger partial charge in [-0.25, -0.2) is 9.78 Å². The number of nitro groups is 1. The highest BCUT2D eigenvalue weighted by molar-refractivity contribution is 6.29. The largest absolute Gasteiger partial charge is 0.480 e. The first-order valence-corrected chi connectivity index (χ1v) is 5.58. The van der Waals surface area contributed by atoms with Crippen LogP contribution < -0.4 is 5.32 Å². The number of halogens is 1. The van der Waals surface area contributed by atoms with E-state index in [-0.39, 0.29) is 17.1 Å². The molecule has 2 N–H and O–H groups in total. The van der Waals surface area contributed by atoms with Gasteiger partial charge in [0.1, 0.15) is 23.0 Å². The van der Waals surface area contributed by atoms with Crippen LogP contribution in [0.25, 0.3) is 0 Å². The zero-order valence-corrected chi connectivity index (χ0v) is 10.5. The molecule has 1 atom stereocenters. The summed E-state index contributed by atoms with van der Waals surface area (Å²) in [5.41, 5.74) is -0.869. The van der Waals surface area contributed by atoms with Crippen molar-refractivity contribution >= 4 is 29.2 Å². The van der Waals surface area contributed by atoms with E-state index in [9.17, 15) is 19.7 Å². The van der Waals surface area contributed by atoms with Gasteiger partial charge in [-0.15, -0.1) is 0 Å². The molecule has 0 aliphatic heterocycles. The van der Waals surface area contributed by atoms with Crippen molar-refractivity contribution < 1.29 is 19.6 Å². The summed E-state index contributed by atoms with van der Waals surface area (Å²) in [7, 11) is 0. The molecule has 0 bridgehead atoms. The van der Waals surface area contributed by atoms with Gasteiger partial charge in [0.2, 0.25) is 0 Å². The summed E-state index contributed by atoms with van der Waals surface area (Å²) in [5, 5.41) is 21.6. The van der Waals surface area contributed by atoms with Gasteiger partial charge in [0, 0.05) is 0 Å². The Hall–Kier alpha value is -2.22. The van der Waals surface area contributed by atoms with Crippen molar-refractivity contribution in [2.75, 3.05) is 0 Å². The third kappa shape index (κ3) is 3.62. The Labute approximate surface area is 112 Å². The molecule has 1 aromatic rings. The van der Waals surface area contributed by atoms with Crippen LogP contribution in [0, 0.1) is 10.1 Å². The lowest BCUT2D eigenvalue weighted by Crippen LogP contribution is -2.40. The molecule has 0 aliphatic carbocycles. The van der Waals surface area contributed by atoms with E-state index in [1.54, 1.807) is 6.92 Å². The Kier molecular flexibility index (Phi) is 4.76. The van der Waals surface area contributed by atoms with Gasteiger partial charge < -0.3 is 10.4 Å². The fourth-order valence-electron chi connectivity index (χ4n) is 1.32. The van der Waals surface area contributed by atoms with Gasteiger partial charge in [-0.3, -0.25) is 14.9 Å². The molecule has 0 saturated heterocycles. The second-order valence-electron chi connectivity index (χ2n) is 3.55. The molecular formula is C10H10ClN3O5. The normalized spacial score (nSPS) is 11.7. The molecule has 19 heavy (non-hydrogen) atoms. The van der Waals surface area contributed by atoms with Crippen LogP contribution in [0.2, 0.25) is 5.15 Å². The number of hydrogen-bond acceptors (Lipinski definition) is 5. The lowest BCUT2D eigenvalue weighted by Gasteiger charge is -2.12. The fourth-order valence-corrected chi connectivity index (χ4v) is 1.48. The molecule has 8 nitrogen and oxygen atoms in total. The Bertz CT molecular complexity index is 534. The van der Waals surface area contributed by atoms with Crippen LogP contribution in [-0.4, -0.2) is 32.9 Å². The number of carbonyl (C=O) groups excluding carboxylic acids is 1. The van der Waals surface area contributed by atoms with E-state index in [2.05, 4.69) is 10.3 Å². The molecule has 9 heteroatoms. The number of nitrogens with zero attached hydrogens (tertiary/aromatic N) is 2. The van der Waals surface area contributed by atoms with Crippen molar-refractivity contribution in [2.45, 2.75) is 19.4 Å². The number of rotatable bonds is 5. The number of amides is 1. The van der Waals surface area contributed by atoms with E-state index < -0.39 is 28.5 Å². The highest BCUT2D eigenvalue weighted by Gasteiger charge is 2.25. The maximum absolute atomic E-state index is 11.8. The second kappa shape index (κ2) is 6.10. The lowest BCUT2D eigenvalue weighted by molar-refractivity contribution is -0.385. The smallest absolute Gasteiger partial charge is 0.326 e. The van der Waals surface area contributed by atoms with Crippen molar-refractivity contribution in [3.8, 4) is 0 Å². The number of carboxylic acids is 1. The van der Waals surface area contributed by atoms with E-state index in [0.29, 0.717) is 0 Å². The molecule has 0 saturated carbocycles. The Morgan fingerprint density at radius 3 is 2.74 bits per heavy atom. The molecule has 0 unspecified atom stereocenters. The average Bonchev–Trinajstić information content (AvgIpc) is 2.34. The van der Waals surface area contributed by atoms with Crippen molar-refractivity contribution in [1.29, 1.82) is 0 Å². The van der Waals surface area contributed by atoms with Crippen LogP contribution in [0.5, 0.6) is 0 Å². The maximum atomic E-state index is 11.8. The lowest BCUT2D eigenvalue weighted by atomic mass is 10.1. The van der Waals surface area contributed by atoms with E-state index >= 15 is 0 Å². The van der Waals surface area contributed by atoms with Gasteiger partial charge in [0.25, 0.3) is 11.6 Å². The van der Waals surface area contributed by atoms with Crippen molar-refractivity contribution in [3.63, 3.8) is 0 Å². The summed E-state index contributed by atoms with van der Waals surface area (Å²) in [4.78, 5) is 36.1. The first kappa shape index (κ1) is 14.8. The number of pyridine rings is 1. The minimum Gasteiger partial charge on any atom is -0.480 e. The van der Waals surface area contributed by atoms with Crippen LogP contribution in [0.4, 0.5) is 5.69 Å². The van der Waals surface area contributed by atoms with Gasteiger partial charge in [-0.1, -0.05) is 18.5 Å². The SMILES string of the molecule is CC[C@H](NC(=O)c1cc(Cl)ncc1[N+](=O)[O-])C(=O)O. The fraction of sp³-hybridized carbons (Fsp3) is 0.300. The first-order chi connectivity index (χ1) is 8.86. The number of nitrogens with one attached hydrogen (secondary N) is 1. The van der Waals surface area contributed by atoms with Crippen LogP contribution in [0.1, 0.15) is 23.7 Å². The molecular weight excluding hydrogens is 278 g/mol. The molecule has 1 rings (SSSR count). The number of carboxylic acid groups (broad SMARTS) is 1. The molecule has 0 fully saturated rings. The molecule has 1 amide bonds. The second-order valence-corrected chi connectivity index (χ2v) is 3.94. The van der Waals surface area contributed by atoms with Gasteiger partial charge >= 0.3 is 5.97 Å². The highest BCUT2D eigenvalue weighted by atomic mass is 35.5. The van der Waals surface area contributed by atoms with E-state index in [0.717, 1.165) is 12.3 Å². The Morgan fingerprint density at radius 1 is 1.63 bits per heavy atom. The summed E-state index contributed by atoms with van der Waals surface area (Å²) in [5.74, 6) is -2.11. The van der Waals surface area contributed by atoms with E-state index in [1.165, 1.54) is 0 Å².